The van der Waals surface area contributed by atoms with E-state index in [1.165, 1.54) is 7.11 Å². The number of hydrogen-bond donors (Lipinski definition) is 1. The van der Waals surface area contributed by atoms with Crippen LogP contribution >= 0.6 is 0 Å². The van der Waals surface area contributed by atoms with E-state index in [-0.39, 0.29) is 12.1 Å². The molecule has 18 heavy (non-hydrogen) atoms. The molecule has 1 rings (SSSR count). The first-order chi connectivity index (χ1) is 8.65. The summed E-state index contributed by atoms with van der Waals surface area (Å²) >= 11 is 0. The molecule has 4 heteroatoms. The Morgan fingerprint density at radius 2 is 2.22 bits per heavy atom. The van der Waals surface area contributed by atoms with Gasteiger partial charge in [-0.2, -0.15) is 0 Å². The minimum Gasteiger partial charge on any atom is -0.491 e. The van der Waals surface area contributed by atoms with Crippen LogP contribution in [0.15, 0.2) is 24.3 Å². The van der Waals surface area contributed by atoms with Crippen LogP contribution in [-0.2, 0) is 9.53 Å². The maximum absolute atomic E-state index is 11.0. The number of carbonyl (C=O) groups excluding carboxylic acids is 1. The number of esters is 1. The third-order valence-corrected chi connectivity index (χ3v) is 2.63. The van der Waals surface area contributed by atoms with Gasteiger partial charge in [-0.05, 0) is 25.5 Å². The Bertz CT molecular complexity index is 379. The molecule has 0 aliphatic carbocycles. The van der Waals surface area contributed by atoms with Crippen molar-refractivity contribution in [2.75, 3.05) is 19.0 Å². The van der Waals surface area contributed by atoms with Gasteiger partial charge in [0.15, 0.2) is 0 Å². The maximum Gasteiger partial charge on any atom is 0.307 e. The minimum atomic E-state index is -0.213. The lowest BCUT2D eigenvalue weighted by atomic mass is 10.2. The van der Waals surface area contributed by atoms with Crippen LogP contribution in [0.4, 0.5) is 5.69 Å². The summed E-state index contributed by atoms with van der Waals surface area (Å²) in [5, 5.41) is 3.16. The van der Waals surface area contributed by atoms with Gasteiger partial charge in [0, 0.05) is 18.3 Å². The molecule has 0 fully saturated rings. The molecule has 0 radical (unpaired) electrons. The van der Waals surface area contributed by atoms with E-state index in [1.54, 1.807) is 0 Å². The van der Waals surface area contributed by atoms with Gasteiger partial charge in [0.25, 0.3) is 0 Å². The molecule has 1 unspecified atom stereocenters. The molecule has 0 saturated carbocycles. The van der Waals surface area contributed by atoms with Gasteiger partial charge in [0.2, 0.25) is 0 Å². The highest BCUT2D eigenvalue weighted by Crippen LogP contribution is 2.19. The lowest BCUT2D eigenvalue weighted by Crippen LogP contribution is -2.11. The van der Waals surface area contributed by atoms with Gasteiger partial charge in [0.1, 0.15) is 5.75 Å². The van der Waals surface area contributed by atoms with E-state index >= 15 is 0 Å². The molecule has 4 nitrogen and oxygen atoms in total. The summed E-state index contributed by atoms with van der Waals surface area (Å²) in [4.78, 5) is 11.0. The highest BCUT2D eigenvalue weighted by atomic mass is 16.5. The Balaban J connectivity index is 2.46. The first-order valence-electron chi connectivity index (χ1n) is 6.23. The lowest BCUT2D eigenvalue weighted by molar-refractivity contribution is -0.140. The second-order valence-corrected chi connectivity index (χ2v) is 4.12. The molecular formula is C14H21NO3. The van der Waals surface area contributed by atoms with Crippen LogP contribution in [0.2, 0.25) is 0 Å². The monoisotopic (exact) mass is 251 g/mol. The van der Waals surface area contributed by atoms with E-state index in [2.05, 4.69) is 17.0 Å². The van der Waals surface area contributed by atoms with E-state index in [9.17, 15) is 4.79 Å². The number of ether oxygens (including phenoxy) is 2. The summed E-state index contributed by atoms with van der Waals surface area (Å²) in [6, 6.07) is 7.74. The molecular weight excluding hydrogens is 230 g/mol. The second kappa shape index (κ2) is 7.58. The molecule has 0 aliphatic rings. The molecule has 0 bridgehead atoms. The van der Waals surface area contributed by atoms with E-state index in [0.717, 1.165) is 17.9 Å². The van der Waals surface area contributed by atoms with Crippen molar-refractivity contribution in [3.8, 4) is 5.75 Å². The molecule has 0 spiro atoms. The maximum atomic E-state index is 11.0. The van der Waals surface area contributed by atoms with Gasteiger partial charge < -0.3 is 14.8 Å². The number of carbonyl (C=O) groups is 1. The third-order valence-electron chi connectivity index (χ3n) is 2.63. The third kappa shape index (κ3) is 5.08. The standard InChI is InChI=1S/C14H21NO3/c1-4-11(2)18-13-7-5-6-12(10-13)15-9-8-14(16)17-3/h5-7,10-11,15H,4,8-9H2,1-3H3. The fourth-order valence-corrected chi connectivity index (χ4v) is 1.41. The van der Waals surface area contributed by atoms with Crippen molar-refractivity contribution in [2.24, 2.45) is 0 Å². The van der Waals surface area contributed by atoms with Crippen molar-refractivity contribution < 1.29 is 14.3 Å². The first kappa shape index (κ1) is 14.4. The van der Waals surface area contributed by atoms with Gasteiger partial charge in [0.05, 0.1) is 19.6 Å². The smallest absolute Gasteiger partial charge is 0.307 e. The average Bonchev–Trinajstić information content (AvgIpc) is 2.38. The normalized spacial score (nSPS) is 11.7. The van der Waals surface area contributed by atoms with E-state index < -0.39 is 0 Å². The Hall–Kier alpha value is -1.71. The fourth-order valence-electron chi connectivity index (χ4n) is 1.41. The van der Waals surface area contributed by atoms with Crippen molar-refractivity contribution in [2.45, 2.75) is 32.8 Å². The SMILES string of the molecule is CCC(C)Oc1cccc(NCCC(=O)OC)c1. The quantitative estimate of drug-likeness (QED) is 0.757. The van der Waals surface area contributed by atoms with Crippen LogP contribution in [0.1, 0.15) is 26.7 Å². The largest absolute Gasteiger partial charge is 0.491 e. The molecule has 0 amide bonds. The van der Waals surface area contributed by atoms with Crippen LogP contribution in [0.5, 0.6) is 5.75 Å². The molecule has 0 aromatic heterocycles. The summed E-state index contributed by atoms with van der Waals surface area (Å²) in [6.45, 7) is 4.68. The predicted molar refractivity (Wildman–Crippen MR) is 71.9 cm³/mol. The minimum absolute atomic E-state index is 0.204. The van der Waals surface area contributed by atoms with Crippen molar-refractivity contribution in [1.82, 2.24) is 0 Å². The zero-order valence-corrected chi connectivity index (χ0v) is 11.2. The van der Waals surface area contributed by atoms with Crippen LogP contribution in [0, 0.1) is 0 Å². The highest BCUT2D eigenvalue weighted by Gasteiger charge is 2.03. The fraction of sp³-hybridized carbons (Fsp3) is 0.500. The molecule has 1 aromatic rings. The molecule has 1 atom stereocenters. The summed E-state index contributed by atoms with van der Waals surface area (Å²) in [5.74, 6) is 0.627. The number of nitrogens with one attached hydrogen (secondary N) is 1. The van der Waals surface area contributed by atoms with Crippen LogP contribution in [0.25, 0.3) is 0 Å². The van der Waals surface area contributed by atoms with Crippen molar-refractivity contribution in [3.63, 3.8) is 0 Å². The predicted octanol–water partition coefficient (Wildman–Crippen LogP) is 2.84. The van der Waals surface area contributed by atoms with Gasteiger partial charge in [-0.1, -0.05) is 13.0 Å². The number of anilines is 1. The summed E-state index contributed by atoms with van der Waals surface area (Å²) < 4.78 is 10.3. The topological polar surface area (TPSA) is 47.6 Å². The zero-order chi connectivity index (χ0) is 13.4. The Morgan fingerprint density at radius 1 is 1.44 bits per heavy atom. The molecule has 100 valence electrons. The molecule has 0 saturated heterocycles. The Labute approximate surface area is 108 Å². The summed E-state index contributed by atoms with van der Waals surface area (Å²) in [7, 11) is 1.39. The van der Waals surface area contributed by atoms with E-state index in [4.69, 9.17) is 4.74 Å². The van der Waals surface area contributed by atoms with E-state index in [0.29, 0.717) is 13.0 Å². The first-order valence-corrected chi connectivity index (χ1v) is 6.23. The molecule has 1 aromatic carbocycles. The highest BCUT2D eigenvalue weighted by molar-refractivity contribution is 5.69. The molecule has 0 aliphatic heterocycles. The van der Waals surface area contributed by atoms with Gasteiger partial charge in [-0.25, -0.2) is 0 Å². The van der Waals surface area contributed by atoms with Crippen LogP contribution < -0.4 is 10.1 Å². The zero-order valence-electron chi connectivity index (χ0n) is 11.2. The number of methoxy groups -OCH3 is 1. The number of rotatable bonds is 7. The summed E-state index contributed by atoms with van der Waals surface area (Å²) in [5.41, 5.74) is 0.944. The number of hydrogen-bond acceptors (Lipinski definition) is 4. The van der Waals surface area contributed by atoms with Gasteiger partial charge >= 0.3 is 5.97 Å². The second-order valence-electron chi connectivity index (χ2n) is 4.12. The Kier molecular flexibility index (Phi) is 6.05. The molecule has 0 heterocycles. The van der Waals surface area contributed by atoms with Crippen molar-refractivity contribution in [3.05, 3.63) is 24.3 Å². The number of benzene rings is 1. The van der Waals surface area contributed by atoms with E-state index in [1.807, 2.05) is 31.2 Å². The Morgan fingerprint density at radius 3 is 2.89 bits per heavy atom. The summed E-state index contributed by atoms with van der Waals surface area (Å²) in [6.07, 6.45) is 1.53. The van der Waals surface area contributed by atoms with Crippen LogP contribution in [0.3, 0.4) is 0 Å². The van der Waals surface area contributed by atoms with Gasteiger partial charge in [-0.15, -0.1) is 0 Å². The van der Waals surface area contributed by atoms with Crippen molar-refractivity contribution in [1.29, 1.82) is 0 Å². The van der Waals surface area contributed by atoms with Crippen LogP contribution in [-0.4, -0.2) is 25.7 Å². The molecule has 1 N–H and O–H groups in total. The average molecular weight is 251 g/mol. The lowest BCUT2D eigenvalue weighted by Gasteiger charge is -2.13. The van der Waals surface area contributed by atoms with Crippen molar-refractivity contribution >= 4 is 11.7 Å². The van der Waals surface area contributed by atoms with Gasteiger partial charge in [-0.3, -0.25) is 4.79 Å².